The van der Waals surface area contributed by atoms with Gasteiger partial charge in [0.2, 0.25) is 0 Å². The number of para-hydroxylation sites is 1. The van der Waals surface area contributed by atoms with E-state index in [4.69, 9.17) is 15.2 Å². The summed E-state index contributed by atoms with van der Waals surface area (Å²) < 4.78 is 11.4. The first-order valence-corrected chi connectivity index (χ1v) is 6.75. The van der Waals surface area contributed by atoms with Crippen LogP contribution in [-0.4, -0.2) is 13.1 Å². The molecule has 0 saturated carbocycles. The number of benzene rings is 2. The van der Waals surface area contributed by atoms with Gasteiger partial charge in [0.15, 0.2) is 0 Å². The topological polar surface area (TPSA) is 61.5 Å². The highest BCUT2D eigenvalue weighted by molar-refractivity contribution is 9.10. The molecule has 2 aromatic carbocycles. The molecule has 0 atom stereocenters. The lowest BCUT2D eigenvalue weighted by atomic mass is 10.2. The maximum atomic E-state index is 12.0. The van der Waals surface area contributed by atoms with E-state index >= 15 is 0 Å². The first-order chi connectivity index (χ1) is 9.61. The van der Waals surface area contributed by atoms with Crippen molar-refractivity contribution >= 4 is 27.6 Å². The lowest BCUT2D eigenvalue weighted by molar-refractivity contribution is 0.0471. The van der Waals surface area contributed by atoms with E-state index in [2.05, 4.69) is 15.9 Å². The standard InChI is InChI=1S/C15H14BrNO3/c1-19-14-7-6-11(16)8-10(14)9-20-15(18)12-4-2-3-5-13(12)17/h2-8H,9,17H2,1H3. The minimum Gasteiger partial charge on any atom is -0.496 e. The second-order valence-corrected chi connectivity index (χ2v) is 5.04. The molecular weight excluding hydrogens is 322 g/mol. The Kier molecular flexibility index (Phi) is 4.63. The van der Waals surface area contributed by atoms with Gasteiger partial charge in [-0.3, -0.25) is 0 Å². The van der Waals surface area contributed by atoms with Crippen LogP contribution in [-0.2, 0) is 11.3 Å². The van der Waals surface area contributed by atoms with Crippen molar-refractivity contribution in [2.24, 2.45) is 0 Å². The van der Waals surface area contributed by atoms with Crippen LogP contribution in [0.3, 0.4) is 0 Å². The summed E-state index contributed by atoms with van der Waals surface area (Å²) in [7, 11) is 1.57. The van der Waals surface area contributed by atoms with Crippen molar-refractivity contribution in [1.29, 1.82) is 0 Å². The van der Waals surface area contributed by atoms with E-state index in [1.165, 1.54) is 0 Å². The van der Waals surface area contributed by atoms with Crippen molar-refractivity contribution in [1.82, 2.24) is 0 Å². The molecule has 4 nitrogen and oxygen atoms in total. The second kappa shape index (κ2) is 6.43. The van der Waals surface area contributed by atoms with Gasteiger partial charge in [0.05, 0.1) is 12.7 Å². The largest absolute Gasteiger partial charge is 0.496 e. The van der Waals surface area contributed by atoms with Crippen LogP contribution in [0.5, 0.6) is 5.75 Å². The summed E-state index contributed by atoms with van der Waals surface area (Å²) >= 11 is 3.37. The minimum absolute atomic E-state index is 0.121. The number of nitrogens with two attached hydrogens (primary N) is 1. The fourth-order valence-electron chi connectivity index (χ4n) is 1.76. The van der Waals surface area contributed by atoms with Gasteiger partial charge in [-0.2, -0.15) is 0 Å². The second-order valence-electron chi connectivity index (χ2n) is 4.12. The van der Waals surface area contributed by atoms with Crippen LogP contribution in [0.15, 0.2) is 46.9 Å². The van der Waals surface area contributed by atoms with Crippen LogP contribution in [0.2, 0.25) is 0 Å². The molecule has 0 unspecified atom stereocenters. The predicted octanol–water partition coefficient (Wildman–Crippen LogP) is 3.40. The Morgan fingerprint density at radius 1 is 1.25 bits per heavy atom. The van der Waals surface area contributed by atoms with Crippen LogP contribution in [0, 0.1) is 0 Å². The van der Waals surface area contributed by atoms with Crippen LogP contribution in [0.1, 0.15) is 15.9 Å². The zero-order valence-electron chi connectivity index (χ0n) is 10.9. The quantitative estimate of drug-likeness (QED) is 0.687. The molecule has 0 spiro atoms. The molecule has 5 heteroatoms. The Bertz CT molecular complexity index is 628. The molecule has 0 aliphatic carbocycles. The van der Waals surface area contributed by atoms with Crippen molar-refractivity contribution in [3.63, 3.8) is 0 Å². The number of esters is 1. The number of carbonyl (C=O) groups excluding carboxylic acids is 1. The van der Waals surface area contributed by atoms with Crippen molar-refractivity contribution in [2.45, 2.75) is 6.61 Å². The molecule has 0 aliphatic heterocycles. The van der Waals surface area contributed by atoms with E-state index < -0.39 is 5.97 Å². The van der Waals surface area contributed by atoms with Crippen LogP contribution in [0.25, 0.3) is 0 Å². The average Bonchev–Trinajstić information content (AvgIpc) is 2.45. The number of carbonyl (C=O) groups is 1. The first kappa shape index (κ1) is 14.4. The van der Waals surface area contributed by atoms with Crippen LogP contribution >= 0.6 is 15.9 Å². The number of ether oxygens (including phenoxy) is 2. The molecule has 20 heavy (non-hydrogen) atoms. The van der Waals surface area contributed by atoms with E-state index in [0.29, 0.717) is 17.0 Å². The van der Waals surface area contributed by atoms with Gasteiger partial charge in [0, 0.05) is 15.7 Å². The highest BCUT2D eigenvalue weighted by Gasteiger charge is 2.12. The number of hydrogen-bond acceptors (Lipinski definition) is 4. The summed E-state index contributed by atoms with van der Waals surface area (Å²) in [4.78, 5) is 12.0. The molecule has 0 radical (unpaired) electrons. The van der Waals surface area contributed by atoms with Crippen LogP contribution < -0.4 is 10.5 Å². The van der Waals surface area contributed by atoms with Gasteiger partial charge in [-0.15, -0.1) is 0 Å². The Morgan fingerprint density at radius 3 is 2.70 bits per heavy atom. The van der Waals surface area contributed by atoms with E-state index in [-0.39, 0.29) is 6.61 Å². The summed E-state index contributed by atoms with van der Waals surface area (Å²) in [6.07, 6.45) is 0. The van der Waals surface area contributed by atoms with Gasteiger partial charge in [0.25, 0.3) is 0 Å². The summed E-state index contributed by atoms with van der Waals surface area (Å²) in [5, 5.41) is 0. The summed E-state index contributed by atoms with van der Waals surface area (Å²) in [5.74, 6) is 0.215. The third kappa shape index (κ3) is 3.30. The Morgan fingerprint density at radius 2 is 2.00 bits per heavy atom. The molecule has 0 aromatic heterocycles. The predicted molar refractivity (Wildman–Crippen MR) is 80.7 cm³/mol. The molecule has 0 aliphatic rings. The first-order valence-electron chi connectivity index (χ1n) is 5.96. The van der Waals surface area contributed by atoms with E-state index in [9.17, 15) is 4.79 Å². The van der Waals surface area contributed by atoms with E-state index in [1.807, 2.05) is 18.2 Å². The van der Waals surface area contributed by atoms with Crippen molar-refractivity contribution < 1.29 is 14.3 Å². The number of halogens is 1. The molecular formula is C15H14BrNO3. The molecule has 104 valence electrons. The summed E-state index contributed by atoms with van der Waals surface area (Å²) in [6, 6.07) is 12.3. The molecule has 0 heterocycles. The fourth-order valence-corrected chi connectivity index (χ4v) is 2.17. The minimum atomic E-state index is -0.454. The Labute approximate surface area is 125 Å². The van der Waals surface area contributed by atoms with Gasteiger partial charge < -0.3 is 15.2 Å². The molecule has 2 N–H and O–H groups in total. The smallest absolute Gasteiger partial charge is 0.340 e. The van der Waals surface area contributed by atoms with E-state index in [0.717, 1.165) is 10.0 Å². The number of anilines is 1. The molecule has 0 amide bonds. The normalized spacial score (nSPS) is 10.1. The number of methoxy groups -OCH3 is 1. The SMILES string of the molecule is COc1ccc(Br)cc1COC(=O)c1ccccc1N. The Balaban J connectivity index is 2.11. The van der Waals surface area contributed by atoms with Gasteiger partial charge in [-0.05, 0) is 30.3 Å². The zero-order chi connectivity index (χ0) is 14.5. The maximum Gasteiger partial charge on any atom is 0.340 e. The molecule has 0 bridgehead atoms. The maximum absolute atomic E-state index is 12.0. The molecule has 2 aromatic rings. The highest BCUT2D eigenvalue weighted by atomic mass is 79.9. The van der Waals surface area contributed by atoms with Gasteiger partial charge in [0.1, 0.15) is 12.4 Å². The average molecular weight is 336 g/mol. The van der Waals surface area contributed by atoms with Gasteiger partial charge >= 0.3 is 5.97 Å². The zero-order valence-corrected chi connectivity index (χ0v) is 12.5. The van der Waals surface area contributed by atoms with Gasteiger partial charge in [-0.1, -0.05) is 28.1 Å². The van der Waals surface area contributed by atoms with E-state index in [1.54, 1.807) is 31.4 Å². The third-order valence-corrected chi connectivity index (χ3v) is 3.28. The van der Waals surface area contributed by atoms with Crippen molar-refractivity contribution in [3.05, 3.63) is 58.1 Å². The number of hydrogen-bond donors (Lipinski definition) is 1. The lowest BCUT2D eigenvalue weighted by Gasteiger charge is -2.10. The highest BCUT2D eigenvalue weighted by Crippen LogP contribution is 2.24. The van der Waals surface area contributed by atoms with Crippen LogP contribution in [0.4, 0.5) is 5.69 Å². The van der Waals surface area contributed by atoms with Crippen molar-refractivity contribution in [3.8, 4) is 5.75 Å². The fraction of sp³-hybridized carbons (Fsp3) is 0.133. The monoisotopic (exact) mass is 335 g/mol. The molecule has 0 fully saturated rings. The lowest BCUT2D eigenvalue weighted by Crippen LogP contribution is -2.08. The number of nitrogen functional groups attached to an aromatic ring is 1. The molecule has 2 rings (SSSR count). The third-order valence-electron chi connectivity index (χ3n) is 2.78. The summed E-state index contributed by atoms with van der Waals surface area (Å²) in [6.45, 7) is 0.121. The molecule has 0 saturated heterocycles. The van der Waals surface area contributed by atoms with Gasteiger partial charge in [-0.25, -0.2) is 4.79 Å². The van der Waals surface area contributed by atoms with Crippen molar-refractivity contribution in [2.75, 3.05) is 12.8 Å². The summed E-state index contributed by atoms with van der Waals surface area (Å²) in [5.41, 5.74) is 7.28. The Hall–Kier alpha value is -2.01. The number of rotatable bonds is 4.